The molecule has 1 saturated heterocycles. The molecule has 1 aliphatic rings. The van der Waals surface area contributed by atoms with Crippen molar-refractivity contribution < 1.29 is 14.4 Å². The van der Waals surface area contributed by atoms with E-state index in [0.717, 1.165) is 5.69 Å². The molecular weight excluding hydrogens is 416 g/mol. The van der Waals surface area contributed by atoms with Crippen molar-refractivity contribution in [3.8, 4) is 0 Å². The molecule has 1 aliphatic heterocycles. The van der Waals surface area contributed by atoms with E-state index in [-0.39, 0.29) is 30.4 Å². The van der Waals surface area contributed by atoms with Crippen LogP contribution in [-0.4, -0.2) is 53.7 Å². The fraction of sp³-hybridized carbons (Fsp3) is 0.231. The fourth-order valence-electron chi connectivity index (χ4n) is 3.92. The summed E-state index contributed by atoms with van der Waals surface area (Å²) < 4.78 is 0. The highest BCUT2D eigenvalue weighted by Gasteiger charge is 2.24. The number of Topliss-reactive ketones (excluding diaryl/α,β-unsaturated/α-hetero) is 1. The number of ketones is 1. The van der Waals surface area contributed by atoms with Crippen LogP contribution >= 0.6 is 0 Å². The SMILES string of the molecule is O=C(CCC(=O)N1CCN(c2ccccc2C(=O)Nc2cccnc2)CC1)c1ccccc1. The van der Waals surface area contributed by atoms with E-state index in [1.807, 2.05) is 36.4 Å². The number of hydrogen-bond acceptors (Lipinski definition) is 5. The molecule has 1 N–H and O–H groups in total. The second-order valence-corrected chi connectivity index (χ2v) is 7.87. The van der Waals surface area contributed by atoms with Gasteiger partial charge in [-0.25, -0.2) is 0 Å². The van der Waals surface area contributed by atoms with Crippen LogP contribution < -0.4 is 10.2 Å². The van der Waals surface area contributed by atoms with Gasteiger partial charge in [0.05, 0.1) is 17.4 Å². The molecule has 3 aromatic rings. The highest BCUT2D eigenvalue weighted by molar-refractivity contribution is 6.08. The Hall–Kier alpha value is -4.00. The Labute approximate surface area is 193 Å². The number of carbonyl (C=O) groups is 3. The first-order valence-corrected chi connectivity index (χ1v) is 11.0. The monoisotopic (exact) mass is 442 g/mol. The number of rotatable bonds is 7. The molecule has 0 atom stereocenters. The zero-order valence-electron chi connectivity index (χ0n) is 18.3. The molecule has 0 spiro atoms. The summed E-state index contributed by atoms with van der Waals surface area (Å²) in [6.07, 6.45) is 3.67. The maximum atomic E-state index is 12.9. The Morgan fingerprint density at radius 3 is 2.27 bits per heavy atom. The molecule has 0 unspecified atom stereocenters. The predicted molar refractivity (Wildman–Crippen MR) is 127 cm³/mol. The van der Waals surface area contributed by atoms with Gasteiger partial charge in [0, 0.05) is 56.5 Å². The molecule has 2 aromatic carbocycles. The number of benzene rings is 2. The number of amides is 2. The minimum atomic E-state index is -0.198. The number of piperazine rings is 1. The first-order valence-electron chi connectivity index (χ1n) is 11.0. The van der Waals surface area contributed by atoms with Crippen molar-refractivity contribution in [2.75, 3.05) is 36.4 Å². The molecule has 2 amide bonds. The number of carbonyl (C=O) groups excluding carboxylic acids is 3. The summed E-state index contributed by atoms with van der Waals surface area (Å²) in [4.78, 5) is 45.7. The van der Waals surface area contributed by atoms with Crippen LogP contribution in [0.15, 0.2) is 79.1 Å². The van der Waals surface area contributed by atoms with Gasteiger partial charge >= 0.3 is 0 Å². The van der Waals surface area contributed by atoms with Gasteiger partial charge in [-0.3, -0.25) is 19.4 Å². The van der Waals surface area contributed by atoms with Crippen LogP contribution in [-0.2, 0) is 4.79 Å². The average Bonchev–Trinajstić information content (AvgIpc) is 2.88. The Bertz CT molecular complexity index is 1110. The van der Waals surface area contributed by atoms with Gasteiger partial charge in [-0.15, -0.1) is 0 Å². The van der Waals surface area contributed by atoms with Gasteiger partial charge in [0.2, 0.25) is 5.91 Å². The van der Waals surface area contributed by atoms with Crippen molar-refractivity contribution in [3.05, 3.63) is 90.3 Å². The standard InChI is InChI=1S/C26H26N4O3/c31-24(20-7-2-1-3-8-20)12-13-25(32)30-17-15-29(16-18-30)23-11-5-4-10-22(23)26(33)28-21-9-6-14-27-19-21/h1-11,14,19H,12-13,15-18H2,(H,28,33). The summed E-state index contributed by atoms with van der Waals surface area (Å²) in [5.41, 5.74) is 2.69. The number of para-hydroxylation sites is 1. The van der Waals surface area contributed by atoms with Gasteiger partial charge in [0.15, 0.2) is 5.78 Å². The molecular formula is C26H26N4O3. The topological polar surface area (TPSA) is 82.6 Å². The summed E-state index contributed by atoms with van der Waals surface area (Å²) in [6.45, 7) is 2.35. The van der Waals surface area contributed by atoms with E-state index in [9.17, 15) is 14.4 Å². The third-order valence-corrected chi connectivity index (χ3v) is 5.70. The lowest BCUT2D eigenvalue weighted by atomic mass is 10.1. The lowest BCUT2D eigenvalue weighted by molar-refractivity contribution is -0.131. The largest absolute Gasteiger partial charge is 0.367 e. The first-order chi connectivity index (χ1) is 16.1. The van der Waals surface area contributed by atoms with Gasteiger partial charge in [-0.05, 0) is 24.3 Å². The summed E-state index contributed by atoms with van der Waals surface area (Å²) in [7, 11) is 0. The third kappa shape index (κ3) is 5.63. The zero-order chi connectivity index (χ0) is 23.0. The van der Waals surface area contributed by atoms with Gasteiger partial charge < -0.3 is 15.1 Å². The quantitative estimate of drug-likeness (QED) is 0.565. The van der Waals surface area contributed by atoms with Crippen LogP contribution in [0.25, 0.3) is 0 Å². The Kier molecular flexibility index (Phi) is 7.09. The normalized spacial score (nSPS) is 13.5. The highest BCUT2D eigenvalue weighted by atomic mass is 16.2. The van der Waals surface area contributed by atoms with E-state index in [0.29, 0.717) is 43.0 Å². The van der Waals surface area contributed by atoms with Crippen molar-refractivity contribution in [1.29, 1.82) is 0 Å². The van der Waals surface area contributed by atoms with E-state index >= 15 is 0 Å². The molecule has 0 saturated carbocycles. The average molecular weight is 443 g/mol. The maximum Gasteiger partial charge on any atom is 0.257 e. The molecule has 168 valence electrons. The smallest absolute Gasteiger partial charge is 0.257 e. The fourth-order valence-corrected chi connectivity index (χ4v) is 3.92. The molecule has 1 fully saturated rings. The van der Waals surface area contributed by atoms with E-state index < -0.39 is 0 Å². The van der Waals surface area contributed by atoms with Crippen molar-refractivity contribution >= 4 is 29.0 Å². The Morgan fingerprint density at radius 2 is 1.55 bits per heavy atom. The second-order valence-electron chi connectivity index (χ2n) is 7.87. The number of aromatic nitrogens is 1. The first kappa shape index (κ1) is 22.2. The van der Waals surface area contributed by atoms with Crippen LogP contribution in [0.5, 0.6) is 0 Å². The molecule has 0 radical (unpaired) electrons. The van der Waals surface area contributed by atoms with E-state index in [2.05, 4.69) is 15.2 Å². The molecule has 1 aromatic heterocycles. The third-order valence-electron chi connectivity index (χ3n) is 5.70. The highest BCUT2D eigenvalue weighted by Crippen LogP contribution is 2.23. The minimum Gasteiger partial charge on any atom is -0.367 e. The van der Waals surface area contributed by atoms with E-state index in [1.54, 1.807) is 47.6 Å². The second kappa shape index (κ2) is 10.5. The molecule has 33 heavy (non-hydrogen) atoms. The number of nitrogens with zero attached hydrogens (tertiary/aromatic N) is 3. The van der Waals surface area contributed by atoms with Crippen LogP contribution in [0, 0.1) is 0 Å². The minimum absolute atomic E-state index is 0.0125. The number of nitrogens with one attached hydrogen (secondary N) is 1. The molecule has 7 heteroatoms. The summed E-state index contributed by atoms with van der Waals surface area (Å²) in [5, 5.41) is 2.88. The summed E-state index contributed by atoms with van der Waals surface area (Å²) in [5.74, 6) is -0.228. The lowest BCUT2D eigenvalue weighted by Crippen LogP contribution is -2.49. The molecule has 4 rings (SSSR count). The number of anilines is 2. The van der Waals surface area contributed by atoms with Crippen LogP contribution in [0.4, 0.5) is 11.4 Å². The summed E-state index contributed by atoms with van der Waals surface area (Å²) >= 11 is 0. The molecule has 0 aliphatic carbocycles. The number of pyridine rings is 1. The van der Waals surface area contributed by atoms with E-state index in [4.69, 9.17) is 0 Å². The Morgan fingerprint density at radius 1 is 0.818 bits per heavy atom. The van der Waals surface area contributed by atoms with E-state index in [1.165, 1.54) is 0 Å². The molecule has 0 bridgehead atoms. The van der Waals surface area contributed by atoms with Gasteiger partial charge in [-0.1, -0.05) is 42.5 Å². The predicted octanol–water partition coefficient (Wildman–Crippen LogP) is 3.65. The van der Waals surface area contributed by atoms with Crippen molar-refractivity contribution in [2.24, 2.45) is 0 Å². The molecule has 7 nitrogen and oxygen atoms in total. The van der Waals surface area contributed by atoms with Gasteiger partial charge in [0.25, 0.3) is 5.91 Å². The van der Waals surface area contributed by atoms with Crippen LogP contribution in [0.3, 0.4) is 0 Å². The zero-order valence-corrected chi connectivity index (χ0v) is 18.3. The van der Waals surface area contributed by atoms with Gasteiger partial charge in [-0.2, -0.15) is 0 Å². The number of hydrogen-bond donors (Lipinski definition) is 1. The summed E-state index contributed by atoms with van der Waals surface area (Å²) in [6, 6.07) is 20.1. The van der Waals surface area contributed by atoms with Crippen LogP contribution in [0.1, 0.15) is 33.6 Å². The van der Waals surface area contributed by atoms with Crippen molar-refractivity contribution in [3.63, 3.8) is 0 Å². The van der Waals surface area contributed by atoms with Crippen LogP contribution in [0.2, 0.25) is 0 Å². The maximum absolute atomic E-state index is 12.9. The lowest BCUT2D eigenvalue weighted by Gasteiger charge is -2.37. The van der Waals surface area contributed by atoms with Crippen molar-refractivity contribution in [1.82, 2.24) is 9.88 Å². The van der Waals surface area contributed by atoms with Gasteiger partial charge in [0.1, 0.15) is 0 Å². The van der Waals surface area contributed by atoms with Crippen molar-refractivity contribution in [2.45, 2.75) is 12.8 Å². The Balaban J connectivity index is 1.33. The molecule has 2 heterocycles.